The van der Waals surface area contributed by atoms with Crippen LogP contribution < -0.4 is 5.32 Å². The maximum Gasteiger partial charge on any atom is 0.225 e. The van der Waals surface area contributed by atoms with Crippen molar-refractivity contribution < 1.29 is 9.90 Å². The molecule has 2 aromatic heterocycles. The molecule has 0 radical (unpaired) electrons. The number of fused-ring (bicyclic) bond motifs is 1. The Balaban J connectivity index is 1.34. The molecule has 2 fully saturated rings. The molecule has 1 aliphatic carbocycles. The fourth-order valence-electron chi connectivity index (χ4n) is 4.13. The number of carbonyl (C=O) groups excluding carboxylic acids is 1. The number of aromatic nitrogens is 2. The first-order valence-electron chi connectivity index (χ1n) is 10.2. The Bertz CT molecular complexity index is 1080. The van der Waals surface area contributed by atoms with E-state index < -0.39 is 0 Å². The van der Waals surface area contributed by atoms with Gasteiger partial charge in [0.1, 0.15) is 11.6 Å². The standard InChI is InChI=1S/C22H24N4O2S/c1-13-11-19(23-15-3-2-9-26(12-15)22(28)14-4-5-14)24-25-20(13)17-6-7-18-16(21(17)27)8-10-29-18/h6-8,10-11,14-15,27H,2-5,9,12H2,1H3,(H,23,24). The van der Waals surface area contributed by atoms with Crippen LogP contribution in [0.2, 0.25) is 0 Å². The summed E-state index contributed by atoms with van der Waals surface area (Å²) in [6.07, 6.45) is 4.12. The number of likely N-dealkylation sites (tertiary alicyclic amines) is 1. The van der Waals surface area contributed by atoms with Crippen molar-refractivity contribution in [1.82, 2.24) is 15.1 Å². The van der Waals surface area contributed by atoms with E-state index in [1.807, 2.05) is 41.5 Å². The Labute approximate surface area is 173 Å². The number of piperidine rings is 1. The van der Waals surface area contributed by atoms with Gasteiger partial charge in [0.05, 0.1) is 5.69 Å². The average molecular weight is 409 g/mol. The molecule has 1 aliphatic heterocycles. The molecule has 1 aromatic carbocycles. The van der Waals surface area contributed by atoms with E-state index in [2.05, 4.69) is 15.5 Å². The molecule has 3 aromatic rings. The second kappa shape index (κ2) is 7.30. The van der Waals surface area contributed by atoms with Crippen molar-refractivity contribution >= 4 is 33.1 Å². The average Bonchev–Trinajstić information content (AvgIpc) is 3.46. The van der Waals surface area contributed by atoms with Gasteiger partial charge in [-0.2, -0.15) is 0 Å². The van der Waals surface area contributed by atoms with Crippen molar-refractivity contribution in [3.05, 3.63) is 35.2 Å². The Morgan fingerprint density at radius 3 is 2.90 bits per heavy atom. The van der Waals surface area contributed by atoms with Gasteiger partial charge >= 0.3 is 0 Å². The number of amides is 1. The highest BCUT2D eigenvalue weighted by Crippen LogP contribution is 2.38. The fraction of sp³-hybridized carbons (Fsp3) is 0.409. The predicted octanol–water partition coefficient (Wildman–Crippen LogP) is 4.19. The predicted molar refractivity (Wildman–Crippen MR) is 115 cm³/mol. The lowest BCUT2D eigenvalue weighted by molar-refractivity contribution is -0.133. The monoisotopic (exact) mass is 408 g/mol. The van der Waals surface area contributed by atoms with Gasteiger partial charge < -0.3 is 15.3 Å². The van der Waals surface area contributed by atoms with Crippen LogP contribution in [0, 0.1) is 12.8 Å². The van der Waals surface area contributed by atoms with E-state index >= 15 is 0 Å². The minimum absolute atomic E-state index is 0.196. The summed E-state index contributed by atoms with van der Waals surface area (Å²) in [5.41, 5.74) is 2.34. The number of anilines is 1. The summed E-state index contributed by atoms with van der Waals surface area (Å²) in [6.45, 7) is 3.57. The number of carbonyl (C=O) groups is 1. The third-order valence-corrected chi connectivity index (χ3v) is 6.74. The van der Waals surface area contributed by atoms with Crippen molar-refractivity contribution in [2.75, 3.05) is 18.4 Å². The van der Waals surface area contributed by atoms with Gasteiger partial charge in [-0.05, 0) is 67.8 Å². The lowest BCUT2D eigenvalue weighted by Gasteiger charge is -2.33. The number of aromatic hydroxyl groups is 1. The molecular formula is C22H24N4O2S. The van der Waals surface area contributed by atoms with Crippen LogP contribution in [0.1, 0.15) is 31.2 Å². The van der Waals surface area contributed by atoms with Crippen LogP contribution in [0.4, 0.5) is 5.82 Å². The molecule has 150 valence electrons. The molecule has 2 N–H and O–H groups in total. The van der Waals surface area contributed by atoms with Gasteiger partial charge in [0.25, 0.3) is 0 Å². The van der Waals surface area contributed by atoms with Crippen molar-refractivity contribution in [2.45, 2.75) is 38.6 Å². The number of benzene rings is 1. The van der Waals surface area contributed by atoms with Crippen LogP contribution in [0.3, 0.4) is 0 Å². The maximum absolute atomic E-state index is 12.4. The molecule has 1 atom stereocenters. The summed E-state index contributed by atoms with van der Waals surface area (Å²) in [4.78, 5) is 14.4. The van der Waals surface area contributed by atoms with E-state index in [4.69, 9.17) is 0 Å². The summed E-state index contributed by atoms with van der Waals surface area (Å²) in [5.74, 6) is 1.55. The van der Waals surface area contributed by atoms with Crippen LogP contribution in [0.25, 0.3) is 21.3 Å². The normalized spacial score (nSPS) is 19.5. The molecule has 1 amide bonds. The first-order chi connectivity index (χ1) is 14.1. The molecular weight excluding hydrogens is 384 g/mol. The molecule has 6 nitrogen and oxygen atoms in total. The zero-order chi connectivity index (χ0) is 20.0. The van der Waals surface area contributed by atoms with Crippen molar-refractivity contribution in [1.29, 1.82) is 0 Å². The van der Waals surface area contributed by atoms with Crippen molar-refractivity contribution in [3.8, 4) is 17.0 Å². The quantitative estimate of drug-likeness (QED) is 0.677. The topological polar surface area (TPSA) is 78.4 Å². The van der Waals surface area contributed by atoms with Crippen molar-refractivity contribution in [3.63, 3.8) is 0 Å². The molecule has 1 unspecified atom stereocenters. The summed E-state index contributed by atoms with van der Waals surface area (Å²) in [5, 5.41) is 25.7. The number of rotatable bonds is 4. The van der Waals surface area contributed by atoms with Crippen LogP contribution >= 0.6 is 11.3 Å². The molecule has 29 heavy (non-hydrogen) atoms. The molecule has 3 heterocycles. The first-order valence-corrected chi connectivity index (χ1v) is 11.1. The number of thiophene rings is 1. The van der Waals surface area contributed by atoms with Gasteiger partial charge in [0.2, 0.25) is 5.91 Å². The number of phenolic OH excluding ortho intramolecular Hbond substituents is 1. The van der Waals surface area contributed by atoms with E-state index in [-0.39, 0.29) is 17.7 Å². The maximum atomic E-state index is 12.4. The molecule has 1 saturated heterocycles. The van der Waals surface area contributed by atoms with Crippen molar-refractivity contribution in [2.24, 2.45) is 5.92 Å². The summed E-state index contributed by atoms with van der Waals surface area (Å²) >= 11 is 1.61. The highest BCUT2D eigenvalue weighted by molar-refractivity contribution is 7.17. The van der Waals surface area contributed by atoms with E-state index in [1.165, 1.54) is 0 Å². The molecule has 1 saturated carbocycles. The Kier molecular flexibility index (Phi) is 4.62. The molecule has 5 rings (SSSR count). The largest absolute Gasteiger partial charge is 0.507 e. The van der Waals surface area contributed by atoms with E-state index in [9.17, 15) is 9.90 Å². The zero-order valence-corrected chi connectivity index (χ0v) is 17.2. The second-order valence-electron chi connectivity index (χ2n) is 8.10. The summed E-state index contributed by atoms with van der Waals surface area (Å²) < 4.78 is 1.05. The van der Waals surface area contributed by atoms with Gasteiger partial charge in [-0.25, -0.2) is 0 Å². The van der Waals surface area contributed by atoms with Gasteiger partial charge in [0.15, 0.2) is 0 Å². The smallest absolute Gasteiger partial charge is 0.225 e. The number of nitrogens with zero attached hydrogens (tertiary/aromatic N) is 3. The summed E-state index contributed by atoms with van der Waals surface area (Å²) in [7, 11) is 0. The molecule has 2 aliphatic rings. The first kappa shape index (κ1) is 18.4. The minimum atomic E-state index is 0.196. The van der Waals surface area contributed by atoms with E-state index in [0.29, 0.717) is 23.0 Å². The van der Waals surface area contributed by atoms with Crippen LogP contribution in [0.5, 0.6) is 5.75 Å². The second-order valence-corrected chi connectivity index (χ2v) is 9.05. The Morgan fingerprint density at radius 1 is 1.24 bits per heavy atom. The van der Waals surface area contributed by atoms with Crippen LogP contribution in [0.15, 0.2) is 29.6 Å². The SMILES string of the molecule is Cc1cc(NC2CCCN(C(=O)C3CC3)C2)nnc1-c1ccc2sccc2c1O. The lowest BCUT2D eigenvalue weighted by Crippen LogP contribution is -2.45. The zero-order valence-electron chi connectivity index (χ0n) is 16.4. The van der Waals surface area contributed by atoms with E-state index in [0.717, 1.165) is 54.4 Å². The van der Waals surface area contributed by atoms with Gasteiger partial charge in [-0.15, -0.1) is 21.5 Å². The fourth-order valence-corrected chi connectivity index (χ4v) is 4.92. The highest BCUT2D eigenvalue weighted by atomic mass is 32.1. The highest BCUT2D eigenvalue weighted by Gasteiger charge is 2.35. The summed E-state index contributed by atoms with van der Waals surface area (Å²) in [6, 6.07) is 8.01. The van der Waals surface area contributed by atoms with Gasteiger partial charge in [-0.3, -0.25) is 4.79 Å². The molecule has 0 spiro atoms. The molecule has 7 heteroatoms. The third-order valence-electron chi connectivity index (χ3n) is 5.86. The lowest BCUT2D eigenvalue weighted by atomic mass is 10.0. The van der Waals surface area contributed by atoms with Gasteiger partial charge in [0, 0.05) is 40.7 Å². The number of aryl methyl sites for hydroxylation is 1. The number of nitrogens with one attached hydrogen (secondary N) is 1. The molecule has 0 bridgehead atoms. The van der Waals surface area contributed by atoms with Crippen LogP contribution in [-0.2, 0) is 4.79 Å². The van der Waals surface area contributed by atoms with E-state index in [1.54, 1.807) is 11.3 Å². The minimum Gasteiger partial charge on any atom is -0.507 e. The Morgan fingerprint density at radius 2 is 2.10 bits per heavy atom. The number of hydrogen-bond donors (Lipinski definition) is 2. The number of hydrogen-bond acceptors (Lipinski definition) is 6. The third kappa shape index (κ3) is 3.55. The number of phenols is 1. The van der Waals surface area contributed by atoms with Crippen LogP contribution in [-0.4, -0.2) is 45.2 Å². The Hall–Kier alpha value is -2.67. The van der Waals surface area contributed by atoms with Gasteiger partial charge in [-0.1, -0.05) is 0 Å².